The van der Waals surface area contributed by atoms with E-state index in [1.54, 1.807) is 0 Å². The highest BCUT2D eigenvalue weighted by Gasteiger charge is 2.17. The van der Waals surface area contributed by atoms with Gasteiger partial charge in [-0.2, -0.15) is 4.98 Å². The van der Waals surface area contributed by atoms with Crippen molar-refractivity contribution in [3.05, 3.63) is 34.6 Å². The predicted octanol–water partition coefficient (Wildman–Crippen LogP) is 0.827. The van der Waals surface area contributed by atoms with E-state index in [4.69, 9.17) is 10.5 Å². The third-order valence-electron chi connectivity index (χ3n) is 3.81. The number of nitrogens with two attached hydrogens (primary N) is 1. The van der Waals surface area contributed by atoms with Crippen molar-refractivity contribution >= 4 is 11.8 Å². The van der Waals surface area contributed by atoms with E-state index in [2.05, 4.69) is 15.3 Å². The molecule has 1 saturated heterocycles. The Balaban J connectivity index is 1.92. The molecule has 1 aliphatic rings. The molecule has 2 heterocycles. The molecule has 0 spiro atoms. The molecule has 0 saturated carbocycles. The first-order valence-corrected chi connectivity index (χ1v) is 7.77. The second-order valence-corrected chi connectivity index (χ2v) is 5.34. The van der Waals surface area contributed by atoms with Crippen LogP contribution in [0.3, 0.4) is 0 Å². The quantitative estimate of drug-likeness (QED) is 0.773. The molecule has 3 rings (SSSR count). The van der Waals surface area contributed by atoms with Gasteiger partial charge >= 0.3 is 0 Å². The molecule has 7 heteroatoms. The SMILES string of the molecule is CCOc1ccc(-c2c(N)nc(N3CCNCC3)[nH]c2=O)cc1. The number of rotatable bonds is 4. The van der Waals surface area contributed by atoms with E-state index in [0.717, 1.165) is 37.5 Å². The Morgan fingerprint density at radius 2 is 1.96 bits per heavy atom. The highest BCUT2D eigenvalue weighted by Crippen LogP contribution is 2.24. The largest absolute Gasteiger partial charge is 0.494 e. The maximum Gasteiger partial charge on any atom is 0.262 e. The molecular formula is C16H21N5O2. The average Bonchev–Trinajstić information content (AvgIpc) is 2.57. The van der Waals surface area contributed by atoms with Crippen LogP contribution in [0.4, 0.5) is 11.8 Å². The Morgan fingerprint density at radius 1 is 1.26 bits per heavy atom. The summed E-state index contributed by atoms with van der Waals surface area (Å²) in [5.74, 6) is 1.53. The molecule has 1 aromatic heterocycles. The number of benzene rings is 1. The summed E-state index contributed by atoms with van der Waals surface area (Å²) in [4.78, 5) is 21.7. The van der Waals surface area contributed by atoms with Gasteiger partial charge in [0.2, 0.25) is 5.95 Å². The van der Waals surface area contributed by atoms with Crippen molar-refractivity contribution in [1.82, 2.24) is 15.3 Å². The third kappa shape index (κ3) is 3.29. The topological polar surface area (TPSA) is 96.3 Å². The Bertz CT molecular complexity index is 720. The first-order chi connectivity index (χ1) is 11.2. The molecule has 1 aliphatic heterocycles. The van der Waals surface area contributed by atoms with Crippen LogP contribution in [0.15, 0.2) is 29.1 Å². The number of H-pyrrole nitrogens is 1. The van der Waals surface area contributed by atoms with Crippen molar-refractivity contribution in [2.45, 2.75) is 6.92 Å². The number of anilines is 2. The minimum absolute atomic E-state index is 0.227. The van der Waals surface area contributed by atoms with Crippen molar-refractivity contribution in [2.75, 3.05) is 43.4 Å². The van der Waals surface area contributed by atoms with Crippen LogP contribution < -0.4 is 26.2 Å². The molecule has 0 atom stereocenters. The number of nitrogen functional groups attached to an aromatic ring is 1. The summed E-state index contributed by atoms with van der Waals surface area (Å²) in [5.41, 5.74) is 6.95. The van der Waals surface area contributed by atoms with Gasteiger partial charge in [-0.3, -0.25) is 9.78 Å². The Labute approximate surface area is 134 Å². The lowest BCUT2D eigenvalue weighted by molar-refractivity contribution is 0.340. The van der Waals surface area contributed by atoms with Crippen molar-refractivity contribution in [1.29, 1.82) is 0 Å². The minimum atomic E-state index is -0.227. The van der Waals surface area contributed by atoms with Gasteiger partial charge in [0.05, 0.1) is 12.2 Å². The summed E-state index contributed by atoms with van der Waals surface area (Å²) in [6.07, 6.45) is 0. The lowest BCUT2D eigenvalue weighted by Crippen LogP contribution is -2.44. The summed E-state index contributed by atoms with van der Waals surface area (Å²) in [6, 6.07) is 7.28. The van der Waals surface area contributed by atoms with E-state index in [1.165, 1.54) is 0 Å². The van der Waals surface area contributed by atoms with E-state index >= 15 is 0 Å². The molecule has 0 unspecified atom stereocenters. The number of aromatic nitrogens is 2. The van der Waals surface area contributed by atoms with Crippen LogP contribution in [0, 0.1) is 0 Å². The summed E-state index contributed by atoms with van der Waals surface area (Å²) >= 11 is 0. The molecule has 0 radical (unpaired) electrons. The number of piperazine rings is 1. The van der Waals surface area contributed by atoms with Gasteiger partial charge in [0, 0.05) is 26.2 Å². The fraction of sp³-hybridized carbons (Fsp3) is 0.375. The summed E-state index contributed by atoms with van der Waals surface area (Å²) < 4.78 is 5.41. The van der Waals surface area contributed by atoms with Crippen LogP contribution in [0.25, 0.3) is 11.1 Å². The maximum absolute atomic E-state index is 12.5. The highest BCUT2D eigenvalue weighted by atomic mass is 16.5. The van der Waals surface area contributed by atoms with Gasteiger partial charge < -0.3 is 20.7 Å². The molecule has 4 N–H and O–H groups in total. The number of hydrogen-bond donors (Lipinski definition) is 3. The molecule has 2 aromatic rings. The number of nitrogens with one attached hydrogen (secondary N) is 2. The third-order valence-corrected chi connectivity index (χ3v) is 3.81. The Morgan fingerprint density at radius 3 is 2.57 bits per heavy atom. The first kappa shape index (κ1) is 15.4. The minimum Gasteiger partial charge on any atom is -0.494 e. The van der Waals surface area contributed by atoms with Crippen molar-refractivity contribution < 1.29 is 4.74 Å². The number of ether oxygens (including phenoxy) is 1. The van der Waals surface area contributed by atoms with E-state index in [0.29, 0.717) is 18.1 Å². The second-order valence-electron chi connectivity index (χ2n) is 5.34. The van der Waals surface area contributed by atoms with E-state index < -0.39 is 0 Å². The van der Waals surface area contributed by atoms with Crippen LogP contribution in [0.2, 0.25) is 0 Å². The molecule has 1 aromatic carbocycles. The lowest BCUT2D eigenvalue weighted by Gasteiger charge is -2.28. The molecule has 7 nitrogen and oxygen atoms in total. The fourth-order valence-electron chi connectivity index (χ4n) is 2.67. The molecule has 23 heavy (non-hydrogen) atoms. The standard InChI is InChI=1S/C16H21N5O2/c1-2-23-12-5-3-11(4-6-12)13-14(17)19-16(20-15(13)22)21-9-7-18-8-10-21/h3-6,18H,2,7-10H2,1H3,(H3,17,19,20,22). The predicted molar refractivity (Wildman–Crippen MR) is 91.0 cm³/mol. The van der Waals surface area contributed by atoms with E-state index in [-0.39, 0.29) is 11.4 Å². The maximum atomic E-state index is 12.5. The highest BCUT2D eigenvalue weighted by molar-refractivity contribution is 5.74. The molecule has 1 fully saturated rings. The van der Waals surface area contributed by atoms with Crippen LogP contribution in [-0.2, 0) is 0 Å². The van der Waals surface area contributed by atoms with Crippen LogP contribution in [-0.4, -0.2) is 42.8 Å². The molecular weight excluding hydrogens is 294 g/mol. The average molecular weight is 315 g/mol. The zero-order chi connectivity index (χ0) is 16.2. The Hall–Kier alpha value is -2.54. The van der Waals surface area contributed by atoms with Gasteiger partial charge in [0.25, 0.3) is 5.56 Å². The van der Waals surface area contributed by atoms with Crippen molar-refractivity contribution in [3.63, 3.8) is 0 Å². The monoisotopic (exact) mass is 315 g/mol. The van der Waals surface area contributed by atoms with Crippen LogP contribution in [0.1, 0.15) is 6.92 Å². The van der Waals surface area contributed by atoms with Gasteiger partial charge in [-0.15, -0.1) is 0 Å². The van der Waals surface area contributed by atoms with Gasteiger partial charge in [0.1, 0.15) is 11.6 Å². The smallest absolute Gasteiger partial charge is 0.262 e. The van der Waals surface area contributed by atoms with Gasteiger partial charge in [-0.05, 0) is 24.6 Å². The van der Waals surface area contributed by atoms with Gasteiger partial charge in [-0.1, -0.05) is 12.1 Å². The van der Waals surface area contributed by atoms with E-state index in [1.807, 2.05) is 36.1 Å². The second kappa shape index (κ2) is 6.70. The van der Waals surface area contributed by atoms with Gasteiger partial charge in [0.15, 0.2) is 0 Å². The molecule has 122 valence electrons. The zero-order valence-electron chi connectivity index (χ0n) is 13.1. The normalized spacial score (nSPS) is 14.7. The molecule has 0 bridgehead atoms. The number of aromatic amines is 1. The first-order valence-electron chi connectivity index (χ1n) is 7.77. The summed E-state index contributed by atoms with van der Waals surface area (Å²) in [7, 11) is 0. The fourth-order valence-corrected chi connectivity index (χ4v) is 2.67. The molecule has 0 aliphatic carbocycles. The number of nitrogens with zero attached hydrogens (tertiary/aromatic N) is 2. The summed E-state index contributed by atoms with van der Waals surface area (Å²) in [5, 5.41) is 3.26. The zero-order valence-corrected chi connectivity index (χ0v) is 13.1. The van der Waals surface area contributed by atoms with Crippen LogP contribution in [0.5, 0.6) is 5.75 Å². The Kier molecular flexibility index (Phi) is 4.47. The molecule has 0 amide bonds. The lowest BCUT2D eigenvalue weighted by atomic mass is 10.1. The van der Waals surface area contributed by atoms with Crippen molar-refractivity contribution in [3.8, 4) is 16.9 Å². The van der Waals surface area contributed by atoms with E-state index in [9.17, 15) is 4.79 Å². The van der Waals surface area contributed by atoms with Crippen LogP contribution >= 0.6 is 0 Å². The van der Waals surface area contributed by atoms with Crippen molar-refractivity contribution in [2.24, 2.45) is 0 Å². The number of hydrogen-bond acceptors (Lipinski definition) is 6. The summed E-state index contributed by atoms with van der Waals surface area (Å²) in [6.45, 7) is 5.85. The van der Waals surface area contributed by atoms with Gasteiger partial charge in [-0.25, -0.2) is 0 Å².